The molecule has 1 aromatic carbocycles. The highest BCUT2D eigenvalue weighted by atomic mass is 16.4. The van der Waals surface area contributed by atoms with E-state index in [1.54, 1.807) is 30.3 Å². The van der Waals surface area contributed by atoms with Crippen LogP contribution in [0.3, 0.4) is 0 Å². The zero-order valence-electron chi connectivity index (χ0n) is 22.1. The van der Waals surface area contributed by atoms with Crippen molar-refractivity contribution in [1.29, 1.82) is 0 Å². The van der Waals surface area contributed by atoms with Gasteiger partial charge < -0.3 is 41.3 Å². The number of aliphatic hydroxyl groups excluding tert-OH is 4. The number of carboxylic acids is 2. The predicted octanol–water partition coefficient (Wildman–Crippen LogP) is -2.91. The Hall–Kier alpha value is -3.14. The van der Waals surface area contributed by atoms with E-state index in [2.05, 4.69) is 10.6 Å². The molecule has 220 valence electrons. The fourth-order valence-electron chi connectivity index (χ4n) is 4.38. The fourth-order valence-corrected chi connectivity index (χ4v) is 4.38. The highest BCUT2D eigenvalue weighted by Gasteiger charge is 2.38. The molecular formula is C25H40N4O10. The minimum Gasteiger partial charge on any atom is -0.480 e. The van der Waals surface area contributed by atoms with Crippen molar-refractivity contribution in [3.05, 3.63) is 35.9 Å². The fraction of sp³-hybridized carbons (Fsp3) is 0.600. The minimum atomic E-state index is -1.35. The van der Waals surface area contributed by atoms with Crippen LogP contribution in [0.1, 0.15) is 18.4 Å². The topological polar surface area (TPSA) is 220 Å². The molecule has 14 heteroatoms. The van der Waals surface area contributed by atoms with Gasteiger partial charge in [-0.1, -0.05) is 30.3 Å². The maximum absolute atomic E-state index is 12.9. The number of carbonyl (C=O) groups is 4. The molecule has 5 atom stereocenters. The van der Waals surface area contributed by atoms with Crippen molar-refractivity contribution >= 4 is 23.8 Å². The summed E-state index contributed by atoms with van der Waals surface area (Å²) in [6, 6.07) is 5.43. The molecule has 14 nitrogen and oxygen atoms in total. The number of hydrogen-bond donors (Lipinski definition) is 8. The Kier molecular flexibility index (Phi) is 15.2. The molecule has 0 radical (unpaired) electrons. The second kappa shape index (κ2) is 17.4. The molecule has 0 aliphatic rings. The monoisotopic (exact) mass is 556 g/mol. The van der Waals surface area contributed by atoms with Gasteiger partial charge in [0.25, 0.3) is 0 Å². The molecule has 0 aliphatic carbocycles. The Labute approximate surface area is 226 Å². The molecule has 0 saturated heterocycles. The van der Waals surface area contributed by atoms with Gasteiger partial charge in [-0.15, -0.1) is 0 Å². The average Bonchev–Trinajstić information content (AvgIpc) is 2.91. The van der Waals surface area contributed by atoms with Gasteiger partial charge in [0.1, 0.15) is 0 Å². The summed E-state index contributed by atoms with van der Waals surface area (Å²) in [6.07, 6.45) is -3.21. The van der Waals surface area contributed by atoms with E-state index in [1.807, 2.05) is 0 Å². The van der Waals surface area contributed by atoms with Gasteiger partial charge in [0, 0.05) is 39.5 Å². The van der Waals surface area contributed by atoms with E-state index >= 15 is 0 Å². The van der Waals surface area contributed by atoms with Crippen LogP contribution in [0.2, 0.25) is 0 Å². The van der Waals surface area contributed by atoms with Crippen LogP contribution in [-0.2, 0) is 25.6 Å². The third kappa shape index (κ3) is 11.6. The number of likely N-dealkylation sites (N-methyl/N-ethyl adjacent to an activating group) is 2. The van der Waals surface area contributed by atoms with Gasteiger partial charge in [0.15, 0.2) is 0 Å². The van der Waals surface area contributed by atoms with Gasteiger partial charge in [-0.05, 0) is 12.0 Å². The van der Waals surface area contributed by atoms with Crippen LogP contribution in [0, 0.1) is 0 Å². The number of nitrogens with zero attached hydrogens (tertiary/aromatic N) is 2. The number of rotatable bonds is 19. The van der Waals surface area contributed by atoms with E-state index in [0.717, 1.165) is 5.56 Å². The lowest BCUT2D eigenvalue weighted by molar-refractivity contribution is -0.145. The smallest absolute Gasteiger partial charge is 0.317 e. The largest absolute Gasteiger partial charge is 0.480 e. The van der Waals surface area contributed by atoms with Gasteiger partial charge in [-0.2, -0.15) is 0 Å². The Morgan fingerprint density at radius 2 is 1.28 bits per heavy atom. The summed E-state index contributed by atoms with van der Waals surface area (Å²) in [5, 5.41) is 63.2. The molecule has 0 aliphatic heterocycles. The van der Waals surface area contributed by atoms with E-state index in [0.29, 0.717) is 0 Å². The Morgan fingerprint density at radius 1 is 0.795 bits per heavy atom. The SMILES string of the molecule is CNC(=O)C(CC(O)CO)N(CC(=O)O)CC(Cc1ccccc1)N(CC(=O)O)C(CC(O)CO)C(=O)NC. The first-order valence-corrected chi connectivity index (χ1v) is 12.5. The number of carbonyl (C=O) groups excluding carboxylic acids is 2. The quantitative estimate of drug-likeness (QED) is 0.0859. The first-order chi connectivity index (χ1) is 18.5. The molecule has 39 heavy (non-hydrogen) atoms. The van der Waals surface area contributed by atoms with Crippen LogP contribution in [0.5, 0.6) is 0 Å². The second-order valence-corrected chi connectivity index (χ2v) is 9.14. The highest BCUT2D eigenvalue weighted by Crippen LogP contribution is 2.20. The first-order valence-electron chi connectivity index (χ1n) is 12.5. The van der Waals surface area contributed by atoms with Crippen LogP contribution in [0.15, 0.2) is 30.3 Å². The van der Waals surface area contributed by atoms with Gasteiger partial charge in [0.05, 0.1) is 50.6 Å². The summed E-state index contributed by atoms with van der Waals surface area (Å²) < 4.78 is 0. The van der Waals surface area contributed by atoms with Crippen molar-refractivity contribution in [2.45, 2.75) is 49.6 Å². The van der Waals surface area contributed by atoms with Crippen LogP contribution >= 0.6 is 0 Å². The molecule has 0 heterocycles. The molecule has 1 rings (SSSR count). The molecule has 8 N–H and O–H groups in total. The van der Waals surface area contributed by atoms with Crippen molar-refractivity contribution < 1.29 is 49.8 Å². The molecule has 0 bridgehead atoms. The molecule has 2 amide bonds. The number of nitrogens with one attached hydrogen (secondary N) is 2. The Balaban J connectivity index is 3.68. The van der Waals surface area contributed by atoms with E-state index in [4.69, 9.17) is 0 Å². The summed E-state index contributed by atoms with van der Waals surface area (Å²) in [4.78, 5) is 52.0. The molecular weight excluding hydrogens is 516 g/mol. The number of carboxylic acid groups (broad SMARTS) is 2. The van der Waals surface area contributed by atoms with Gasteiger partial charge in [0.2, 0.25) is 11.8 Å². The Morgan fingerprint density at radius 3 is 1.74 bits per heavy atom. The predicted molar refractivity (Wildman–Crippen MR) is 139 cm³/mol. The maximum Gasteiger partial charge on any atom is 0.317 e. The normalized spacial score (nSPS) is 15.3. The van der Waals surface area contributed by atoms with Gasteiger partial charge in [-0.3, -0.25) is 29.0 Å². The van der Waals surface area contributed by atoms with Crippen LogP contribution in [0.4, 0.5) is 0 Å². The lowest BCUT2D eigenvalue weighted by atomic mass is 9.97. The summed E-state index contributed by atoms with van der Waals surface area (Å²) in [5.41, 5.74) is 0.721. The average molecular weight is 557 g/mol. The third-order valence-corrected chi connectivity index (χ3v) is 6.24. The number of aliphatic hydroxyl groups is 4. The lowest BCUT2D eigenvalue weighted by Gasteiger charge is -2.41. The summed E-state index contributed by atoms with van der Waals surface area (Å²) in [6.45, 7) is -2.95. The number of amides is 2. The molecule has 0 fully saturated rings. The van der Waals surface area contributed by atoms with E-state index in [1.165, 1.54) is 23.9 Å². The Bertz CT molecular complexity index is 919. The van der Waals surface area contributed by atoms with Crippen LogP contribution < -0.4 is 10.6 Å². The zero-order chi connectivity index (χ0) is 29.5. The van der Waals surface area contributed by atoms with Gasteiger partial charge in [-0.25, -0.2) is 0 Å². The molecule has 0 saturated carbocycles. The van der Waals surface area contributed by atoms with Crippen molar-refractivity contribution in [1.82, 2.24) is 20.4 Å². The van der Waals surface area contributed by atoms with E-state index < -0.39 is 80.4 Å². The van der Waals surface area contributed by atoms with E-state index in [-0.39, 0.29) is 25.8 Å². The highest BCUT2D eigenvalue weighted by molar-refractivity contribution is 5.83. The van der Waals surface area contributed by atoms with Crippen LogP contribution in [-0.4, -0.2) is 141 Å². The third-order valence-electron chi connectivity index (χ3n) is 6.24. The number of benzene rings is 1. The molecule has 0 aromatic heterocycles. The first kappa shape index (κ1) is 33.9. The van der Waals surface area contributed by atoms with Crippen molar-refractivity contribution in [3.8, 4) is 0 Å². The zero-order valence-corrected chi connectivity index (χ0v) is 22.1. The minimum absolute atomic E-state index is 0.121. The summed E-state index contributed by atoms with van der Waals surface area (Å²) >= 11 is 0. The second-order valence-electron chi connectivity index (χ2n) is 9.14. The van der Waals surface area contributed by atoms with E-state index in [9.17, 15) is 49.8 Å². The molecule has 0 spiro atoms. The van der Waals surface area contributed by atoms with Crippen LogP contribution in [0.25, 0.3) is 0 Å². The number of hydrogen-bond acceptors (Lipinski definition) is 10. The molecule has 1 aromatic rings. The standard InChI is InChI=1S/C25H40N4O10/c1-26-24(38)20(9-18(32)14-30)28(12-22(34)35)11-17(8-16-6-4-3-5-7-16)29(13-23(36)37)21(25(39)27-2)10-19(33)15-31/h3-7,17-21,30-33H,8-15H2,1-2H3,(H,26,38)(H,27,39)(H,34,35)(H,36,37). The summed E-state index contributed by atoms with van der Waals surface area (Å²) in [7, 11) is 2.66. The van der Waals surface area contributed by atoms with Crippen molar-refractivity contribution in [2.24, 2.45) is 0 Å². The lowest BCUT2D eigenvalue weighted by Crippen LogP contribution is -2.59. The maximum atomic E-state index is 12.9. The van der Waals surface area contributed by atoms with Gasteiger partial charge >= 0.3 is 11.9 Å². The number of aliphatic carboxylic acids is 2. The van der Waals surface area contributed by atoms with Crippen molar-refractivity contribution in [2.75, 3.05) is 46.9 Å². The molecule has 5 unspecified atom stereocenters. The van der Waals surface area contributed by atoms with Crippen molar-refractivity contribution in [3.63, 3.8) is 0 Å². The summed E-state index contributed by atoms with van der Waals surface area (Å²) in [5.74, 6) is -3.87.